The largest absolute Gasteiger partial charge is 0.459 e. The van der Waals surface area contributed by atoms with Crippen molar-refractivity contribution in [1.82, 2.24) is 10.6 Å². The molecule has 0 unspecified atom stereocenters. The molecule has 0 saturated carbocycles. The van der Waals surface area contributed by atoms with Gasteiger partial charge >= 0.3 is 5.97 Å². The lowest BCUT2D eigenvalue weighted by Gasteiger charge is -2.30. The standard InChI is InChI=1S/C19H26N2O2S/c1-11(2)23-17(22)15-12(3)20-18(24)21-16(15)13-7-9-14(10-8-13)19(4,5)6/h7-11,16H,1-6H3,(H2,20,21,24)/t16-/m1/s1. The molecule has 0 spiro atoms. The maximum Gasteiger partial charge on any atom is 0.338 e. The van der Waals surface area contributed by atoms with Crippen LogP contribution in [0.15, 0.2) is 35.5 Å². The van der Waals surface area contributed by atoms with Gasteiger partial charge in [0.05, 0.1) is 17.7 Å². The summed E-state index contributed by atoms with van der Waals surface area (Å²) in [5, 5.41) is 6.72. The number of carbonyl (C=O) groups is 1. The molecule has 4 nitrogen and oxygen atoms in total. The molecule has 0 bridgehead atoms. The van der Waals surface area contributed by atoms with E-state index < -0.39 is 0 Å². The van der Waals surface area contributed by atoms with Crippen molar-refractivity contribution < 1.29 is 9.53 Å². The van der Waals surface area contributed by atoms with Crippen LogP contribution in [0.1, 0.15) is 58.7 Å². The number of ether oxygens (including phenoxy) is 1. The fourth-order valence-corrected chi connectivity index (χ4v) is 2.94. The molecular weight excluding hydrogens is 320 g/mol. The normalized spacial score (nSPS) is 18.3. The minimum atomic E-state index is -0.324. The molecule has 24 heavy (non-hydrogen) atoms. The van der Waals surface area contributed by atoms with Gasteiger partial charge in [0.25, 0.3) is 0 Å². The number of rotatable bonds is 3. The van der Waals surface area contributed by atoms with Crippen LogP contribution in [0.3, 0.4) is 0 Å². The average molecular weight is 346 g/mol. The molecule has 0 amide bonds. The maximum atomic E-state index is 12.5. The Morgan fingerprint density at radius 2 is 1.79 bits per heavy atom. The molecule has 2 rings (SSSR count). The van der Waals surface area contributed by atoms with Crippen LogP contribution in [0.4, 0.5) is 0 Å². The first-order chi connectivity index (χ1) is 11.1. The highest BCUT2D eigenvalue weighted by molar-refractivity contribution is 7.80. The number of carbonyl (C=O) groups excluding carboxylic acids is 1. The van der Waals surface area contributed by atoms with E-state index in [9.17, 15) is 4.79 Å². The number of esters is 1. The Bertz CT molecular complexity index is 670. The second-order valence-corrected chi connectivity index (χ2v) is 7.80. The van der Waals surface area contributed by atoms with E-state index >= 15 is 0 Å². The van der Waals surface area contributed by atoms with E-state index in [1.54, 1.807) is 0 Å². The summed E-state index contributed by atoms with van der Waals surface area (Å²) in [5.74, 6) is -0.324. The molecule has 1 aromatic rings. The first-order valence-electron chi connectivity index (χ1n) is 8.19. The van der Waals surface area contributed by atoms with Crippen LogP contribution in [0, 0.1) is 0 Å². The number of benzene rings is 1. The van der Waals surface area contributed by atoms with Crippen molar-refractivity contribution in [2.75, 3.05) is 0 Å². The topological polar surface area (TPSA) is 50.4 Å². The van der Waals surface area contributed by atoms with Gasteiger partial charge in [-0.15, -0.1) is 0 Å². The Kier molecular flexibility index (Phi) is 5.33. The summed E-state index contributed by atoms with van der Waals surface area (Å²) in [4.78, 5) is 12.5. The van der Waals surface area contributed by atoms with E-state index in [-0.39, 0.29) is 23.5 Å². The zero-order valence-electron chi connectivity index (χ0n) is 15.2. The van der Waals surface area contributed by atoms with Gasteiger partial charge in [0.2, 0.25) is 0 Å². The Hall–Kier alpha value is -1.88. The first-order valence-corrected chi connectivity index (χ1v) is 8.60. The van der Waals surface area contributed by atoms with Crippen LogP contribution in [-0.4, -0.2) is 17.2 Å². The molecule has 1 heterocycles. The Balaban J connectivity index is 2.39. The molecule has 2 N–H and O–H groups in total. The molecule has 0 radical (unpaired) electrons. The minimum Gasteiger partial charge on any atom is -0.459 e. The third kappa shape index (κ3) is 4.15. The smallest absolute Gasteiger partial charge is 0.338 e. The molecule has 1 aliphatic heterocycles. The van der Waals surface area contributed by atoms with Crippen LogP contribution >= 0.6 is 12.2 Å². The zero-order valence-corrected chi connectivity index (χ0v) is 16.0. The highest BCUT2D eigenvalue weighted by Gasteiger charge is 2.31. The molecular formula is C19H26N2O2S. The molecule has 1 atom stereocenters. The predicted octanol–water partition coefficient (Wildman–Crippen LogP) is 3.73. The van der Waals surface area contributed by atoms with Crippen molar-refractivity contribution in [2.24, 2.45) is 0 Å². The summed E-state index contributed by atoms with van der Waals surface area (Å²) < 4.78 is 5.40. The Morgan fingerprint density at radius 3 is 2.29 bits per heavy atom. The van der Waals surface area contributed by atoms with Crippen molar-refractivity contribution in [1.29, 1.82) is 0 Å². The molecule has 0 aliphatic carbocycles. The lowest BCUT2D eigenvalue weighted by Crippen LogP contribution is -2.45. The van der Waals surface area contributed by atoms with Crippen LogP contribution in [0.2, 0.25) is 0 Å². The Morgan fingerprint density at radius 1 is 1.21 bits per heavy atom. The second-order valence-electron chi connectivity index (χ2n) is 7.40. The number of hydrogen-bond acceptors (Lipinski definition) is 3. The molecule has 0 saturated heterocycles. The van der Waals surface area contributed by atoms with Crippen LogP contribution < -0.4 is 10.6 Å². The summed E-state index contributed by atoms with van der Waals surface area (Å²) in [5.41, 5.74) is 3.62. The van der Waals surface area contributed by atoms with Gasteiger partial charge in [-0.05, 0) is 49.5 Å². The van der Waals surface area contributed by atoms with Gasteiger partial charge < -0.3 is 15.4 Å². The summed E-state index contributed by atoms with van der Waals surface area (Å²) in [6.45, 7) is 12.1. The van der Waals surface area contributed by atoms with Gasteiger partial charge in [0.1, 0.15) is 0 Å². The molecule has 0 aromatic heterocycles. The van der Waals surface area contributed by atoms with Crippen molar-refractivity contribution in [2.45, 2.75) is 59.1 Å². The average Bonchev–Trinajstić information content (AvgIpc) is 2.44. The number of nitrogens with one attached hydrogen (secondary N) is 2. The first kappa shape index (κ1) is 18.5. The van der Waals surface area contributed by atoms with E-state index in [1.807, 2.05) is 32.9 Å². The van der Waals surface area contributed by atoms with Gasteiger partial charge in [0, 0.05) is 5.70 Å². The fraction of sp³-hybridized carbons (Fsp3) is 0.474. The summed E-state index contributed by atoms with van der Waals surface area (Å²) in [6.07, 6.45) is -0.171. The molecule has 130 valence electrons. The van der Waals surface area contributed by atoms with Gasteiger partial charge in [0.15, 0.2) is 5.11 Å². The monoisotopic (exact) mass is 346 g/mol. The van der Waals surface area contributed by atoms with Gasteiger partial charge in [-0.25, -0.2) is 4.79 Å². The third-order valence-electron chi connectivity index (χ3n) is 3.94. The fourth-order valence-electron chi connectivity index (χ4n) is 2.67. The van der Waals surface area contributed by atoms with E-state index in [1.165, 1.54) is 5.56 Å². The van der Waals surface area contributed by atoms with Crippen molar-refractivity contribution >= 4 is 23.3 Å². The molecule has 1 aromatic carbocycles. The maximum absolute atomic E-state index is 12.5. The summed E-state index contributed by atoms with van der Waals surface area (Å²) >= 11 is 5.26. The molecule has 1 aliphatic rings. The lowest BCUT2D eigenvalue weighted by molar-refractivity contribution is -0.143. The van der Waals surface area contributed by atoms with Gasteiger partial charge in [-0.2, -0.15) is 0 Å². The summed E-state index contributed by atoms with van der Waals surface area (Å²) in [6, 6.07) is 7.98. The number of thiocarbonyl (C=S) groups is 1. The molecule has 5 heteroatoms. The lowest BCUT2D eigenvalue weighted by atomic mass is 9.85. The van der Waals surface area contributed by atoms with Crippen LogP contribution in [-0.2, 0) is 14.9 Å². The van der Waals surface area contributed by atoms with Crippen molar-refractivity contribution in [3.05, 3.63) is 46.7 Å². The van der Waals surface area contributed by atoms with E-state index in [2.05, 4.69) is 43.5 Å². The number of hydrogen-bond donors (Lipinski definition) is 2. The van der Waals surface area contributed by atoms with E-state index in [4.69, 9.17) is 17.0 Å². The second kappa shape index (κ2) is 6.93. The highest BCUT2D eigenvalue weighted by Crippen LogP contribution is 2.30. The number of allylic oxidation sites excluding steroid dienone is 1. The van der Waals surface area contributed by atoms with Crippen molar-refractivity contribution in [3.63, 3.8) is 0 Å². The predicted molar refractivity (Wildman–Crippen MR) is 101 cm³/mol. The SMILES string of the molecule is CC1=C(C(=O)OC(C)C)[C@@H](c2ccc(C(C)(C)C)cc2)NC(=S)N1. The van der Waals surface area contributed by atoms with Crippen LogP contribution in [0.5, 0.6) is 0 Å². The third-order valence-corrected chi connectivity index (χ3v) is 4.16. The Labute approximate surface area is 149 Å². The quantitative estimate of drug-likeness (QED) is 0.645. The van der Waals surface area contributed by atoms with E-state index in [0.717, 1.165) is 11.3 Å². The van der Waals surface area contributed by atoms with E-state index in [0.29, 0.717) is 10.7 Å². The minimum absolute atomic E-state index is 0.0839. The summed E-state index contributed by atoms with van der Waals surface area (Å²) in [7, 11) is 0. The van der Waals surface area contributed by atoms with Gasteiger partial charge in [-0.1, -0.05) is 45.0 Å². The van der Waals surface area contributed by atoms with Crippen LogP contribution in [0.25, 0.3) is 0 Å². The molecule has 0 fully saturated rings. The van der Waals surface area contributed by atoms with Crippen molar-refractivity contribution in [3.8, 4) is 0 Å². The zero-order chi connectivity index (χ0) is 18.1. The van der Waals surface area contributed by atoms with Gasteiger partial charge in [-0.3, -0.25) is 0 Å². The highest BCUT2D eigenvalue weighted by atomic mass is 32.1.